The number of nitrogens with zero attached hydrogens (tertiary/aromatic N) is 2. The van der Waals surface area contributed by atoms with E-state index < -0.39 is 0 Å². The van der Waals surface area contributed by atoms with Gasteiger partial charge >= 0.3 is 0 Å². The number of ether oxygens (including phenoxy) is 1. The summed E-state index contributed by atoms with van der Waals surface area (Å²) in [7, 11) is 0. The van der Waals surface area contributed by atoms with E-state index in [1.807, 2.05) is 0 Å². The van der Waals surface area contributed by atoms with E-state index >= 15 is 0 Å². The Labute approximate surface area is 118 Å². The highest BCUT2D eigenvalue weighted by atomic mass is 16.5. The van der Waals surface area contributed by atoms with Crippen LogP contribution in [0.5, 0.6) is 0 Å². The van der Waals surface area contributed by atoms with Crippen molar-refractivity contribution >= 4 is 0 Å². The summed E-state index contributed by atoms with van der Waals surface area (Å²) in [5.74, 6) is 0.666. The average molecular weight is 269 g/mol. The van der Waals surface area contributed by atoms with Crippen LogP contribution < -0.4 is 5.32 Å². The lowest BCUT2D eigenvalue weighted by Crippen LogP contribution is -2.53. The first-order chi connectivity index (χ1) is 9.20. The highest BCUT2D eigenvalue weighted by Gasteiger charge is 2.28. The summed E-state index contributed by atoms with van der Waals surface area (Å²) in [6.07, 6.45) is 1.17. The third-order valence-corrected chi connectivity index (χ3v) is 4.57. The highest BCUT2D eigenvalue weighted by Crippen LogP contribution is 2.17. The second kappa shape index (κ2) is 7.58. The van der Waals surface area contributed by atoms with E-state index in [-0.39, 0.29) is 0 Å². The van der Waals surface area contributed by atoms with Gasteiger partial charge in [0, 0.05) is 57.3 Å². The fourth-order valence-corrected chi connectivity index (χ4v) is 3.30. The third kappa shape index (κ3) is 4.42. The summed E-state index contributed by atoms with van der Waals surface area (Å²) in [5, 5.41) is 3.63. The molecule has 2 saturated heterocycles. The predicted molar refractivity (Wildman–Crippen MR) is 79.5 cm³/mol. The van der Waals surface area contributed by atoms with Gasteiger partial charge in [-0.15, -0.1) is 0 Å². The standard InChI is InChI=1S/C15H31N3O/c1-4-16-15-5-10-19-12-14(15)11-17-6-8-18(9-7-17)13(2)3/h13-16H,4-12H2,1-3H3. The second-order valence-corrected chi connectivity index (χ2v) is 6.22. The quantitative estimate of drug-likeness (QED) is 0.807. The Bertz CT molecular complexity index is 250. The van der Waals surface area contributed by atoms with Gasteiger partial charge in [-0.1, -0.05) is 6.92 Å². The van der Waals surface area contributed by atoms with Gasteiger partial charge in [-0.25, -0.2) is 0 Å². The molecule has 1 N–H and O–H groups in total. The lowest BCUT2D eigenvalue weighted by atomic mass is 9.94. The van der Waals surface area contributed by atoms with Crippen LogP contribution in [-0.4, -0.2) is 74.4 Å². The maximum Gasteiger partial charge on any atom is 0.0521 e. The molecule has 0 aromatic heterocycles. The molecular weight excluding hydrogens is 238 g/mol. The van der Waals surface area contributed by atoms with Crippen molar-refractivity contribution in [2.75, 3.05) is 52.5 Å². The molecule has 112 valence electrons. The van der Waals surface area contributed by atoms with Crippen molar-refractivity contribution < 1.29 is 4.74 Å². The molecule has 0 aromatic carbocycles. The van der Waals surface area contributed by atoms with Crippen LogP contribution in [0.3, 0.4) is 0 Å². The fourth-order valence-electron chi connectivity index (χ4n) is 3.30. The zero-order chi connectivity index (χ0) is 13.7. The molecule has 4 heteroatoms. The molecule has 2 atom stereocenters. The van der Waals surface area contributed by atoms with Gasteiger partial charge in [0.1, 0.15) is 0 Å². The topological polar surface area (TPSA) is 27.7 Å². The van der Waals surface area contributed by atoms with Crippen molar-refractivity contribution in [3.05, 3.63) is 0 Å². The minimum atomic E-state index is 0.655. The Morgan fingerprint density at radius 3 is 2.58 bits per heavy atom. The van der Waals surface area contributed by atoms with Crippen LogP contribution in [0.15, 0.2) is 0 Å². The van der Waals surface area contributed by atoms with Gasteiger partial charge in [-0.3, -0.25) is 4.90 Å². The molecule has 2 aliphatic rings. The third-order valence-electron chi connectivity index (χ3n) is 4.57. The monoisotopic (exact) mass is 269 g/mol. The molecule has 2 unspecified atom stereocenters. The van der Waals surface area contributed by atoms with Gasteiger partial charge in [-0.05, 0) is 26.8 Å². The molecule has 2 heterocycles. The Morgan fingerprint density at radius 2 is 1.95 bits per heavy atom. The zero-order valence-corrected chi connectivity index (χ0v) is 12.9. The van der Waals surface area contributed by atoms with Crippen LogP contribution in [0.4, 0.5) is 0 Å². The van der Waals surface area contributed by atoms with Gasteiger partial charge in [0.25, 0.3) is 0 Å². The molecule has 0 aliphatic carbocycles. The Kier molecular flexibility index (Phi) is 6.07. The van der Waals surface area contributed by atoms with Gasteiger partial charge < -0.3 is 15.0 Å². The minimum Gasteiger partial charge on any atom is -0.381 e. The average Bonchev–Trinajstić information content (AvgIpc) is 2.42. The molecule has 4 nitrogen and oxygen atoms in total. The molecule has 19 heavy (non-hydrogen) atoms. The van der Waals surface area contributed by atoms with Crippen molar-refractivity contribution in [1.29, 1.82) is 0 Å². The van der Waals surface area contributed by atoms with Gasteiger partial charge in [0.15, 0.2) is 0 Å². The van der Waals surface area contributed by atoms with Gasteiger partial charge in [0.05, 0.1) is 6.61 Å². The van der Waals surface area contributed by atoms with E-state index in [0.717, 1.165) is 19.8 Å². The summed E-state index contributed by atoms with van der Waals surface area (Å²) < 4.78 is 5.68. The zero-order valence-electron chi connectivity index (χ0n) is 12.9. The molecule has 2 aliphatic heterocycles. The Balaban J connectivity index is 1.77. The van der Waals surface area contributed by atoms with Crippen molar-refractivity contribution in [2.24, 2.45) is 5.92 Å². The van der Waals surface area contributed by atoms with Crippen LogP contribution >= 0.6 is 0 Å². The minimum absolute atomic E-state index is 0.655. The van der Waals surface area contributed by atoms with E-state index in [9.17, 15) is 0 Å². The van der Waals surface area contributed by atoms with Crippen molar-refractivity contribution in [1.82, 2.24) is 15.1 Å². The molecule has 0 saturated carbocycles. The van der Waals surface area contributed by atoms with Crippen molar-refractivity contribution in [3.8, 4) is 0 Å². The van der Waals surface area contributed by atoms with E-state index in [0.29, 0.717) is 18.0 Å². The van der Waals surface area contributed by atoms with Crippen LogP contribution in [0.1, 0.15) is 27.2 Å². The number of hydrogen-bond acceptors (Lipinski definition) is 4. The molecule has 0 amide bonds. The SMILES string of the molecule is CCNC1CCOCC1CN1CCN(C(C)C)CC1. The van der Waals surface area contributed by atoms with Crippen LogP contribution in [0, 0.1) is 5.92 Å². The highest BCUT2D eigenvalue weighted by molar-refractivity contribution is 4.84. The molecule has 2 fully saturated rings. The smallest absolute Gasteiger partial charge is 0.0521 e. The predicted octanol–water partition coefficient (Wildman–Crippen LogP) is 1.03. The number of hydrogen-bond donors (Lipinski definition) is 1. The first kappa shape index (κ1) is 15.2. The summed E-state index contributed by atoms with van der Waals surface area (Å²) in [6.45, 7) is 15.8. The number of piperazine rings is 1. The van der Waals surface area contributed by atoms with Crippen LogP contribution in [-0.2, 0) is 4.74 Å². The van der Waals surface area contributed by atoms with Crippen molar-refractivity contribution in [3.63, 3.8) is 0 Å². The lowest BCUT2D eigenvalue weighted by Gasteiger charge is -2.40. The molecule has 2 rings (SSSR count). The van der Waals surface area contributed by atoms with Gasteiger partial charge in [-0.2, -0.15) is 0 Å². The molecule has 0 aromatic rings. The molecule has 0 radical (unpaired) electrons. The van der Waals surface area contributed by atoms with E-state index in [2.05, 4.69) is 35.9 Å². The molecular formula is C15H31N3O. The summed E-state index contributed by atoms with van der Waals surface area (Å²) in [4.78, 5) is 5.21. The maximum atomic E-state index is 5.68. The molecule has 0 spiro atoms. The van der Waals surface area contributed by atoms with Crippen molar-refractivity contribution in [2.45, 2.75) is 39.3 Å². The lowest BCUT2D eigenvalue weighted by molar-refractivity contribution is 0.00707. The number of rotatable bonds is 5. The van der Waals surface area contributed by atoms with Crippen LogP contribution in [0.25, 0.3) is 0 Å². The van der Waals surface area contributed by atoms with E-state index in [1.165, 1.54) is 39.1 Å². The normalized spacial score (nSPS) is 30.9. The summed E-state index contributed by atoms with van der Waals surface area (Å²) in [6, 6.07) is 1.34. The second-order valence-electron chi connectivity index (χ2n) is 6.22. The summed E-state index contributed by atoms with van der Waals surface area (Å²) in [5.41, 5.74) is 0. The molecule has 0 bridgehead atoms. The van der Waals surface area contributed by atoms with E-state index in [4.69, 9.17) is 4.74 Å². The number of nitrogens with one attached hydrogen (secondary N) is 1. The van der Waals surface area contributed by atoms with E-state index in [1.54, 1.807) is 0 Å². The maximum absolute atomic E-state index is 5.68. The Morgan fingerprint density at radius 1 is 1.21 bits per heavy atom. The first-order valence-electron chi connectivity index (χ1n) is 7.98. The first-order valence-corrected chi connectivity index (χ1v) is 7.98. The fraction of sp³-hybridized carbons (Fsp3) is 1.00. The summed E-state index contributed by atoms with van der Waals surface area (Å²) >= 11 is 0. The van der Waals surface area contributed by atoms with Gasteiger partial charge in [0.2, 0.25) is 0 Å². The Hall–Kier alpha value is -0.160. The van der Waals surface area contributed by atoms with Crippen LogP contribution in [0.2, 0.25) is 0 Å². The largest absolute Gasteiger partial charge is 0.381 e.